The van der Waals surface area contributed by atoms with Crippen LogP contribution in [-0.2, 0) is 27.5 Å². The number of rotatable bonds is 13. The molecule has 5 rings (SSSR count). The molecule has 222 valence electrons. The van der Waals surface area contributed by atoms with E-state index in [0.29, 0.717) is 45.0 Å². The Labute approximate surface area is 247 Å². The van der Waals surface area contributed by atoms with E-state index >= 15 is 0 Å². The van der Waals surface area contributed by atoms with Crippen molar-refractivity contribution in [2.75, 3.05) is 38.3 Å². The van der Waals surface area contributed by atoms with Crippen LogP contribution in [0.3, 0.4) is 0 Å². The van der Waals surface area contributed by atoms with Gasteiger partial charge in [-0.05, 0) is 49.4 Å². The van der Waals surface area contributed by atoms with Gasteiger partial charge in [0.05, 0.1) is 51.6 Å². The third-order valence-corrected chi connectivity index (χ3v) is 7.81. The number of anilines is 1. The van der Waals surface area contributed by atoms with Gasteiger partial charge in [-0.25, -0.2) is 9.97 Å². The maximum Gasteiger partial charge on any atom is 0.316 e. The smallest absolute Gasteiger partial charge is 0.316 e. The molecule has 2 amide bonds. The molecule has 0 radical (unpaired) electrons. The fourth-order valence-electron chi connectivity index (χ4n) is 5.16. The van der Waals surface area contributed by atoms with E-state index in [9.17, 15) is 9.59 Å². The summed E-state index contributed by atoms with van der Waals surface area (Å²) in [4.78, 5) is 39.1. The number of carbonyl (C=O) groups is 2. The lowest BCUT2D eigenvalue weighted by Crippen LogP contribution is -2.61. The number of hydrogen-bond acceptors (Lipinski definition) is 8. The molecule has 0 bridgehead atoms. The highest BCUT2D eigenvalue weighted by molar-refractivity contribution is 6.02. The van der Waals surface area contributed by atoms with Gasteiger partial charge in [0.25, 0.3) is 0 Å². The van der Waals surface area contributed by atoms with Crippen molar-refractivity contribution in [3.8, 4) is 11.8 Å². The Balaban J connectivity index is 1.17. The van der Waals surface area contributed by atoms with Crippen LogP contribution in [0.2, 0.25) is 0 Å². The van der Waals surface area contributed by atoms with Crippen molar-refractivity contribution in [3.05, 3.63) is 77.1 Å². The summed E-state index contributed by atoms with van der Waals surface area (Å²) in [6, 6.07) is 13.7. The van der Waals surface area contributed by atoms with Crippen LogP contribution in [0.1, 0.15) is 41.5 Å². The molecule has 1 saturated heterocycles. The van der Waals surface area contributed by atoms with Crippen LogP contribution in [0, 0.1) is 13.8 Å². The molecule has 2 aliphatic rings. The van der Waals surface area contributed by atoms with Crippen molar-refractivity contribution in [2.24, 2.45) is 0 Å². The summed E-state index contributed by atoms with van der Waals surface area (Å²) in [5.41, 5.74) is 5.00. The summed E-state index contributed by atoms with van der Waals surface area (Å²) in [6.45, 7) is 6.57. The van der Waals surface area contributed by atoms with Crippen LogP contribution < -0.4 is 19.7 Å². The Morgan fingerprint density at radius 1 is 1.05 bits per heavy atom. The molecule has 2 heterocycles. The molecule has 1 aromatic heterocycles. The van der Waals surface area contributed by atoms with E-state index < -0.39 is 6.04 Å². The van der Waals surface area contributed by atoms with E-state index in [1.54, 1.807) is 19.5 Å². The zero-order valence-electron chi connectivity index (χ0n) is 24.5. The molecular weight excluding hydrogens is 534 g/mol. The molecule has 1 saturated carbocycles. The van der Waals surface area contributed by atoms with Gasteiger partial charge < -0.3 is 24.4 Å². The van der Waals surface area contributed by atoms with Crippen LogP contribution >= 0.6 is 0 Å². The Morgan fingerprint density at radius 2 is 1.81 bits per heavy atom. The van der Waals surface area contributed by atoms with E-state index in [-0.39, 0.29) is 30.4 Å². The van der Waals surface area contributed by atoms with Gasteiger partial charge in [-0.2, -0.15) is 0 Å². The van der Waals surface area contributed by atoms with E-state index in [0.717, 1.165) is 29.7 Å². The summed E-state index contributed by atoms with van der Waals surface area (Å²) >= 11 is 0. The molecule has 2 aromatic carbocycles. The zero-order chi connectivity index (χ0) is 29.5. The SMILES string of the molecule is COc1ccccc1COCCCOc1ncc(N2C(=O)CNC[C@@H]2C(=O)N(Cc2cccc(C)c2C)C2CC2)cn1. The number of amides is 2. The third-order valence-electron chi connectivity index (χ3n) is 7.81. The van der Waals surface area contributed by atoms with Crippen molar-refractivity contribution in [1.82, 2.24) is 20.2 Å². The molecule has 1 aliphatic heterocycles. The van der Waals surface area contributed by atoms with E-state index in [2.05, 4.69) is 41.3 Å². The van der Waals surface area contributed by atoms with Crippen molar-refractivity contribution in [3.63, 3.8) is 0 Å². The molecule has 3 aromatic rings. The predicted molar refractivity (Wildman–Crippen MR) is 158 cm³/mol. The molecule has 1 atom stereocenters. The number of methoxy groups -OCH3 is 1. The van der Waals surface area contributed by atoms with Gasteiger partial charge in [0.2, 0.25) is 11.8 Å². The van der Waals surface area contributed by atoms with Crippen molar-refractivity contribution in [1.29, 1.82) is 0 Å². The number of piperazine rings is 1. The van der Waals surface area contributed by atoms with Gasteiger partial charge >= 0.3 is 6.01 Å². The van der Waals surface area contributed by atoms with Gasteiger partial charge in [-0.1, -0.05) is 36.4 Å². The summed E-state index contributed by atoms with van der Waals surface area (Å²) in [7, 11) is 1.64. The molecule has 1 N–H and O–H groups in total. The number of benzene rings is 2. The predicted octanol–water partition coefficient (Wildman–Crippen LogP) is 3.58. The molecule has 10 heteroatoms. The number of nitrogens with zero attached hydrogens (tertiary/aromatic N) is 4. The van der Waals surface area contributed by atoms with Crippen molar-refractivity contribution in [2.45, 2.75) is 58.3 Å². The van der Waals surface area contributed by atoms with E-state index in [1.165, 1.54) is 16.0 Å². The topological polar surface area (TPSA) is 106 Å². The first kappa shape index (κ1) is 29.5. The quantitative estimate of drug-likeness (QED) is 0.310. The summed E-state index contributed by atoms with van der Waals surface area (Å²) in [5, 5.41) is 3.11. The first-order valence-electron chi connectivity index (χ1n) is 14.5. The minimum atomic E-state index is -0.673. The second-order valence-corrected chi connectivity index (χ2v) is 10.8. The molecule has 2 fully saturated rings. The first-order chi connectivity index (χ1) is 20.5. The summed E-state index contributed by atoms with van der Waals surface area (Å²) in [5.74, 6) is 0.551. The Kier molecular flexibility index (Phi) is 9.66. The molecular formula is C32H39N5O5. The second kappa shape index (κ2) is 13.8. The number of aryl methyl sites for hydroxylation is 1. The Hall–Kier alpha value is -4.02. The van der Waals surface area contributed by atoms with Crippen LogP contribution in [0.15, 0.2) is 54.9 Å². The highest BCUT2D eigenvalue weighted by Crippen LogP contribution is 2.31. The van der Waals surface area contributed by atoms with Crippen molar-refractivity contribution >= 4 is 17.5 Å². The van der Waals surface area contributed by atoms with Gasteiger partial charge in [0.1, 0.15) is 11.8 Å². The highest BCUT2D eigenvalue weighted by atomic mass is 16.5. The molecule has 0 unspecified atom stereocenters. The van der Waals surface area contributed by atoms with Gasteiger partial charge in [-0.15, -0.1) is 0 Å². The van der Waals surface area contributed by atoms with Crippen LogP contribution in [0.25, 0.3) is 0 Å². The van der Waals surface area contributed by atoms with Gasteiger partial charge in [0, 0.05) is 31.1 Å². The number of ether oxygens (including phenoxy) is 3. The Morgan fingerprint density at radius 3 is 2.57 bits per heavy atom. The standard InChI is InChI=1S/C32H39N5O5/c1-22-8-6-10-24(23(22)2)20-36(26-12-13-26)31(39)28-18-33-19-30(38)37(28)27-16-34-32(35-17-27)42-15-7-14-41-21-25-9-4-5-11-29(25)40-3/h4-6,8-11,16-17,26,28,33H,7,12-15,18-21H2,1-3H3/t28-/m1/s1. The molecule has 10 nitrogen and oxygen atoms in total. The average Bonchev–Trinajstić information content (AvgIpc) is 3.85. The summed E-state index contributed by atoms with van der Waals surface area (Å²) in [6.07, 6.45) is 5.72. The molecule has 0 spiro atoms. The third kappa shape index (κ3) is 7.06. The fraction of sp³-hybridized carbons (Fsp3) is 0.438. The van der Waals surface area contributed by atoms with Gasteiger partial charge in [0.15, 0.2) is 0 Å². The normalized spacial score (nSPS) is 16.8. The lowest BCUT2D eigenvalue weighted by Gasteiger charge is -2.38. The number of aromatic nitrogens is 2. The van der Waals surface area contributed by atoms with Crippen LogP contribution in [0.5, 0.6) is 11.8 Å². The fourth-order valence-corrected chi connectivity index (χ4v) is 5.16. The largest absolute Gasteiger partial charge is 0.496 e. The zero-order valence-corrected chi connectivity index (χ0v) is 24.5. The van der Waals surface area contributed by atoms with Crippen molar-refractivity contribution < 1.29 is 23.8 Å². The van der Waals surface area contributed by atoms with Crippen LogP contribution in [-0.4, -0.2) is 72.2 Å². The number of carbonyl (C=O) groups excluding carboxylic acids is 2. The minimum Gasteiger partial charge on any atom is -0.496 e. The van der Waals surface area contributed by atoms with Crippen LogP contribution in [0.4, 0.5) is 5.69 Å². The second-order valence-electron chi connectivity index (χ2n) is 10.8. The van der Waals surface area contributed by atoms with E-state index in [4.69, 9.17) is 14.2 Å². The molecule has 1 aliphatic carbocycles. The first-order valence-corrected chi connectivity index (χ1v) is 14.5. The van der Waals surface area contributed by atoms with Gasteiger partial charge in [-0.3, -0.25) is 14.5 Å². The van der Waals surface area contributed by atoms with E-state index in [1.807, 2.05) is 35.2 Å². The minimum absolute atomic E-state index is 0.0626. The maximum atomic E-state index is 13.9. The number of nitrogens with one attached hydrogen (secondary N) is 1. The lowest BCUT2D eigenvalue weighted by molar-refractivity contribution is -0.136. The number of para-hydroxylation sites is 1. The summed E-state index contributed by atoms with van der Waals surface area (Å²) < 4.78 is 16.8. The Bertz CT molecular complexity index is 1380. The lowest BCUT2D eigenvalue weighted by atomic mass is 10.0. The maximum absolute atomic E-state index is 13.9. The monoisotopic (exact) mass is 573 g/mol. The average molecular weight is 574 g/mol. The molecule has 42 heavy (non-hydrogen) atoms. The number of hydrogen-bond donors (Lipinski definition) is 1. The highest BCUT2D eigenvalue weighted by Gasteiger charge is 2.41.